The third kappa shape index (κ3) is 3.95. The summed E-state index contributed by atoms with van der Waals surface area (Å²) in [7, 11) is -3.68. The van der Waals surface area contributed by atoms with Gasteiger partial charge in [-0.2, -0.15) is 4.31 Å². The highest BCUT2D eigenvalue weighted by Crippen LogP contribution is 2.25. The Morgan fingerprint density at radius 3 is 2.33 bits per heavy atom. The second-order valence-electron chi connectivity index (χ2n) is 4.40. The molecule has 0 saturated carbocycles. The van der Waals surface area contributed by atoms with Crippen LogP contribution in [-0.4, -0.2) is 43.5 Å². The summed E-state index contributed by atoms with van der Waals surface area (Å²) in [5, 5.41) is 9.22. The number of nitrogens with zero attached hydrogens (tertiary/aromatic N) is 1. The van der Waals surface area contributed by atoms with Crippen molar-refractivity contribution in [1.82, 2.24) is 4.31 Å². The Hall–Kier alpha value is -1.60. The van der Waals surface area contributed by atoms with Crippen LogP contribution < -0.4 is 4.74 Å². The molecule has 1 aromatic rings. The molecule has 0 heterocycles. The van der Waals surface area contributed by atoms with Crippen LogP contribution in [0.25, 0.3) is 0 Å². The molecular weight excluding hydrogens is 294 g/mol. The number of sulfonamides is 1. The molecule has 0 spiro atoms. The van der Waals surface area contributed by atoms with E-state index in [0.29, 0.717) is 19.7 Å². The van der Waals surface area contributed by atoms with Crippen molar-refractivity contribution in [3.05, 3.63) is 23.8 Å². The largest absolute Gasteiger partial charge is 0.493 e. The maximum absolute atomic E-state index is 12.4. The lowest BCUT2D eigenvalue weighted by molar-refractivity contribution is 0.0692. The second-order valence-corrected chi connectivity index (χ2v) is 6.34. The summed E-state index contributed by atoms with van der Waals surface area (Å²) in [6.07, 6.45) is 0.735. The van der Waals surface area contributed by atoms with Crippen molar-refractivity contribution in [3.8, 4) is 5.75 Å². The Labute approximate surface area is 125 Å². The number of hydrogen-bond acceptors (Lipinski definition) is 4. The van der Waals surface area contributed by atoms with Gasteiger partial charge in [-0.25, -0.2) is 13.2 Å². The summed E-state index contributed by atoms with van der Waals surface area (Å²) in [5.41, 5.74) is -0.142. The first-order chi connectivity index (χ1) is 9.88. The number of carbonyl (C=O) groups is 1. The van der Waals surface area contributed by atoms with Crippen LogP contribution in [0.1, 0.15) is 37.6 Å². The zero-order valence-corrected chi connectivity index (χ0v) is 13.3. The molecule has 0 aliphatic heterocycles. The number of carboxylic acid groups (broad SMARTS) is 1. The molecule has 1 aromatic carbocycles. The second kappa shape index (κ2) is 7.42. The molecule has 7 heteroatoms. The number of hydrogen-bond donors (Lipinski definition) is 1. The molecule has 0 atom stereocenters. The first-order valence-electron chi connectivity index (χ1n) is 6.88. The maximum Gasteiger partial charge on any atom is 0.339 e. The number of aromatic carboxylic acids is 1. The fourth-order valence-corrected chi connectivity index (χ4v) is 3.37. The van der Waals surface area contributed by atoms with Crippen LogP contribution in [0.3, 0.4) is 0 Å². The van der Waals surface area contributed by atoms with E-state index in [2.05, 4.69) is 0 Å². The van der Waals surface area contributed by atoms with Gasteiger partial charge in [0.1, 0.15) is 11.3 Å². The number of benzene rings is 1. The molecule has 0 radical (unpaired) electrons. The van der Waals surface area contributed by atoms with Crippen molar-refractivity contribution >= 4 is 16.0 Å². The Balaban J connectivity index is 3.28. The van der Waals surface area contributed by atoms with Gasteiger partial charge < -0.3 is 9.84 Å². The lowest BCUT2D eigenvalue weighted by Crippen LogP contribution is -2.30. The van der Waals surface area contributed by atoms with Crippen LogP contribution in [-0.2, 0) is 10.0 Å². The maximum atomic E-state index is 12.4. The Morgan fingerprint density at radius 1 is 1.24 bits per heavy atom. The normalized spacial score (nSPS) is 11.6. The number of ether oxygens (including phenoxy) is 1. The van der Waals surface area contributed by atoms with Crippen LogP contribution in [0.4, 0.5) is 0 Å². The summed E-state index contributed by atoms with van der Waals surface area (Å²) in [6, 6.07) is 3.93. The Morgan fingerprint density at radius 2 is 1.86 bits per heavy atom. The van der Waals surface area contributed by atoms with E-state index < -0.39 is 16.0 Å². The van der Waals surface area contributed by atoms with E-state index in [9.17, 15) is 18.3 Å². The van der Waals surface area contributed by atoms with Crippen molar-refractivity contribution < 1.29 is 23.1 Å². The van der Waals surface area contributed by atoms with Gasteiger partial charge >= 0.3 is 5.97 Å². The van der Waals surface area contributed by atoms with Gasteiger partial charge in [-0.05, 0) is 24.6 Å². The first-order valence-corrected chi connectivity index (χ1v) is 8.32. The Kier molecular flexibility index (Phi) is 6.17. The average Bonchev–Trinajstić information content (AvgIpc) is 2.45. The zero-order chi connectivity index (χ0) is 16.0. The van der Waals surface area contributed by atoms with Gasteiger partial charge in [0, 0.05) is 13.1 Å². The number of carboxylic acids is 1. The van der Waals surface area contributed by atoms with E-state index in [0.717, 1.165) is 12.5 Å². The molecule has 0 aromatic heterocycles. The van der Waals surface area contributed by atoms with Gasteiger partial charge in [-0.1, -0.05) is 20.8 Å². The van der Waals surface area contributed by atoms with Gasteiger partial charge in [-0.15, -0.1) is 0 Å². The standard InChI is InChI=1S/C14H21NO5S/c1-4-9-20-13-8-7-11(10-12(13)14(16)17)21(18,19)15(5-2)6-3/h7-8,10H,4-6,9H2,1-3H3,(H,16,17). The zero-order valence-electron chi connectivity index (χ0n) is 12.5. The topological polar surface area (TPSA) is 83.9 Å². The molecular formula is C14H21NO5S. The predicted molar refractivity (Wildman–Crippen MR) is 79.3 cm³/mol. The molecule has 0 saturated heterocycles. The molecule has 1 N–H and O–H groups in total. The average molecular weight is 315 g/mol. The van der Waals surface area contributed by atoms with Crippen LogP contribution >= 0.6 is 0 Å². The van der Waals surface area contributed by atoms with E-state index in [1.807, 2.05) is 6.92 Å². The summed E-state index contributed by atoms with van der Waals surface area (Å²) in [6.45, 7) is 6.41. The summed E-state index contributed by atoms with van der Waals surface area (Å²) in [5.74, 6) is -1.03. The van der Waals surface area contributed by atoms with Crippen molar-refractivity contribution in [2.24, 2.45) is 0 Å². The summed E-state index contributed by atoms with van der Waals surface area (Å²) in [4.78, 5) is 11.2. The van der Waals surface area contributed by atoms with Crippen molar-refractivity contribution in [1.29, 1.82) is 0 Å². The quantitative estimate of drug-likeness (QED) is 0.795. The summed E-state index contributed by atoms with van der Waals surface area (Å²) >= 11 is 0. The van der Waals surface area contributed by atoms with E-state index in [1.54, 1.807) is 13.8 Å². The minimum Gasteiger partial charge on any atom is -0.493 e. The first kappa shape index (κ1) is 17.5. The highest BCUT2D eigenvalue weighted by atomic mass is 32.2. The van der Waals surface area contributed by atoms with E-state index in [-0.39, 0.29) is 16.2 Å². The van der Waals surface area contributed by atoms with E-state index in [1.165, 1.54) is 16.4 Å². The lowest BCUT2D eigenvalue weighted by atomic mass is 10.2. The van der Waals surface area contributed by atoms with Crippen LogP contribution in [0.2, 0.25) is 0 Å². The van der Waals surface area contributed by atoms with Gasteiger partial charge in [-0.3, -0.25) is 0 Å². The molecule has 6 nitrogen and oxygen atoms in total. The molecule has 0 bridgehead atoms. The lowest BCUT2D eigenvalue weighted by Gasteiger charge is -2.19. The monoisotopic (exact) mass is 315 g/mol. The molecule has 0 amide bonds. The van der Waals surface area contributed by atoms with Gasteiger partial charge in [0.25, 0.3) is 0 Å². The van der Waals surface area contributed by atoms with Gasteiger partial charge in [0.05, 0.1) is 11.5 Å². The molecule has 0 unspecified atom stereocenters. The fourth-order valence-electron chi connectivity index (χ4n) is 1.89. The minimum absolute atomic E-state index is 0.0348. The predicted octanol–water partition coefficient (Wildman–Crippen LogP) is 2.20. The third-order valence-corrected chi connectivity index (χ3v) is 5.03. The fraction of sp³-hybridized carbons (Fsp3) is 0.500. The van der Waals surface area contributed by atoms with Gasteiger partial charge in [0.15, 0.2) is 0 Å². The molecule has 0 aliphatic carbocycles. The van der Waals surface area contributed by atoms with E-state index >= 15 is 0 Å². The Bertz CT molecular complexity index is 593. The third-order valence-electron chi connectivity index (χ3n) is 2.99. The molecule has 0 aliphatic rings. The van der Waals surface area contributed by atoms with Gasteiger partial charge in [0.2, 0.25) is 10.0 Å². The van der Waals surface area contributed by atoms with Crippen LogP contribution in [0.5, 0.6) is 5.75 Å². The van der Waals surface area contributed by atoms with Crippen molar-refractivity contribution in [3.63, 3.8) is 0 Å². The molecule has 118 valence electrons. The van der Waals surface area contributed by atoms with Crippen LogP contribution in [0, 0.1) is 0 Å². The molecule has 0 fully saturated rings. The number of rotatable bonds is 8. The van der Waals surface area contributed by atoms with Crippen molar-refractivity contribution in [2.75, 3.05) is 19.7 Å². The van der Waals surface area contributed by atoms with Crippen LogP contribution in [0.15, 0.2) is 23.1 Å². The van der Waals surface area contributed by atoms with E-state index in [4.69, 9.17) is 4.74 Å². The minimum atomic E-state index is -3.68. The highest BCUT2D eigenvalue weighted by molar-refractivity contribution is 7.89. The SMILES string of the molecule is CCCOc1ccc(S(=O)(=O)N(CC)CC)cc1C(=O)O. The smallest absolute Gasteiger partial charge is 0.339 e. The molecule has 1 rings (SSSR count). The highest BCUT2D eigenvalue weighted by Gasteiger charge is 2.24. The molecule has 21 heavy (non-hydrogen) atoms. The summed E-state index contributed by atoms with van der Waals surface area (Å²) < 4.78 is 31.4. The van der Waals surface area contributed by atoms with Crippen molar-refractivity contribution in [2.45, 2.75) is 32.1 Å².